The van der Waals surface area contributed by atoms with Gasteiger partial charge in [-0.05, 0) is 73.5 Å². The molecule has 0 amide bonds. The van der Waals surface area contributed by atoms with E-state index in [1.165, 1.54) is 12.1 Å². The molecule has 6 nitrogen and oxygen atoms in total. The third-order valence-corrected chi connectivity index (χ3v) is 5.61. The molecule has 0 aliphatic carbocycles. The van der Waals surface area contributed by atoms with Crippen LogP contribution in [0, 0.1) is 19.7 Å². The van der Waals surface area contributed by atoms with Crippen molar-refractivity contribution in [2.75, 3.05) is 11.9 Å². The predicted octanol–water partition coefficient (Wildman–Crippen LogP) is 5.19. The highest BCUT2D eigenvalue weighted by Crippen LogP contribution is 2.26. The molecule has 0 aliphatic heterocycles. The summed E-state index contributed by atoms with van der Waals surface area (Å²) in [6.45, 7) is 3.75. The van der Waals surface area contributed by atoms with E-state index in [4.69, 9.17) is 16.7 Å². The van der Waals surface area contributed by atoms with E-state index >= 15 is 0 Å². The standard InChI is InChI=1S/C25H22ClFN4O2/c1-15-3-6-20(31-14-19(9-10-32)29-30-31)13-22(15)25(33)21-7-4-17(11-16(21)2)28-18-5-8-24(27)23(26)12-18/h3-8,11-14,28,32H,9-10H2,1-2H3. The summed E-state index contributed by atoms with van der Waals surface area (Å²) in [7, 11) is 0. The van der Waals surface area contributed by atoms with Crippen LogP contribution in [-0.4, -0.2) is 32.5 Å². The summed E-state index contributed by atoms with van der Waals surface area (Å²) in [5, 5.41) is 20.4. The number of hydrogen-bond donors (Lipinski definition) is 2. The van der Waals surface area contributed by atoms with Crippen LogP contribution in [-0.2, 0) is 6.42 Å². The normalized spacial score (nSPS) is 10.9. The zero-order valence-corrected chi connectivity index (χ0v) is 18.9. The molecule has 0 unspecified atom stereocenters. The number of halogens is 2. The molecule has 4 aromatic rings. The Morgan fingerprint density at radius 2 is 1.79 bits per heavy atom. The molecule has 4 rings (SSSR count). The van der Waals surface area contributed by atoms with Crippen molar-refractivity contribution in [2.24, 2.45) is 0 Å². The van der Waals surface area contributed by atoms with Crippen LogP contribution in [0.1, 0.15) is 32.7 Å². The van der Waals surface area contributed by atoms with Gasteiger partial charge in [-0.3, -0.25) is 4.79 Å². The topological polar surface area (TPSA) is 80.0 Å². The van der Waals surface area contributed by atoms with Crippen molar-refractivity contribution in [3.05, 3.63) is 99.6 Å². The van der Waals surface area contributed by atoms with E-state index in [0.29, 0.717) is 34.6 Å². The molecule has 168 valence electrons. The van der Waals surface area contributed by atoms with Crippen LogP contribution in [0.2, 0.25) is 5.02 Å². The highest BCUT2D eigenvalue weighted by molar-refractivity contribution is 6.31. The van der Waals surface area contributed by atoms with E-state index in [1.807, 2.05) is 32.0 Å². The van der Waals surface area contributed by atoms with Gasteiger partial charge >= 0.3 is 0 Å². The van der Waals surface area contributed by atoms with E-state index in [1.54, 1.807) is 35.1 Å². The summed E-state index contributed by atoms with van der Waals surface area (Å²) in [4.78, 5) is 13.4. The van der Waals surface area contributed by atoms with Crippen LogP contribution in [0.4, 0.5) is 15.8 Å². The minimum atomic E-state index is -0.479. The third-order valence-electron chi connectivity index (χ3n) is 5.32. The predicted molar refractivity (Wildman–Crippen MR) is 126 cm³/mol. The molecular formula is C25H22ClFN4O2. The number of nitrogens with one attached hydrogen (secondary N) is 1. The Hall–Kier alpha value is -3.55. The molecule has 0 radical (unpaired) electrons. The lowest BCUT2D eigenvalue weighted by atomic mass is 9.95. The summed E-state index contributed by atoms with van der Waals surface area (Å²) in [5.74, 6) is -0.577. The monoisotopic (exact) mass is 464 g/mol. The Morgan fingerprint density at radius 1 is 1.03 bits per heavy atom. The maximum atomic E-state index is 13.4. The molecule has 0 saturated carbocycles. The summed E-state index contributed by atoms with van der Waals surface area (Å²) in [6.07, 6.45) is 2.16. The summed E-state index contributed by atoms with van der Waals surface area (Å²) in [6, 6.07) is 15.4. The molecule has 0 aliphatic rings. The van der Waals surface area contributed by atoms with Crippen molar-refractivity contribution in [1.29, 1.82) is 0 Å². The van der Waals surface area contributed by atoms with Gasteiger partial charge in [-0.2, -0.15) is 0 Å². The number of rotatable bonds is 7. The van der Waals surface area contributed by atoms with E-state index < -0.39 is 5.82 Å². The lowest BCUT2D eigenvalue weighted by molar-refractivity contribution is 0.103. The summed E-state index contributed by atoms with van der Waals surface area (Å²) < 4.78 is 15.0. The second-order valence-electron chi connectivity index (χ2n) is 7.74. The van der Waals surface area contributed by atoms with Crippen molar-refractivity contribution in [1.82, 2.24) is 15.0 Å². The van der Waals surface area contributed by atoms with Gasteiger partial charge in [0.15, 0.2) is 5.78 Å². The van der Waals surface area contributed by atoms with Gasteiger partial charge in [0, 0.05) is 35.5 Å². The van der Waals surface area contributed by atoms with Gasteiger partial charge in [0.1, 0.15) is 5.82 Å². The molecule has 0 saturated heterocycles. The number of ketones is 1. The molecule has 2 N–H and O–H groups in total. The summed E-state index contributed by atoms with van der Waals surface area (Å²) >= 11 is 5.85. The van der Waals surface area contributed by atoms with Crippen LogP contribution in [0.25, 0.3) is 5.69 Å². The molecule has 8 heteroatoms. The first-order chi connectivity index (χ1) is 15.9. The maximum Gasteiger partial charge on any atom is 0.193 e. The second kappa shape index (κ2) is 9.52. The van der Waals surface area contributed by atoms with Gasteiger partial charge in [-0.25, -0.2) is 9.07 Å². The van der Waals surface area contributed by atoms with Crippen LogP contribution < -0.4 is 5.32 Å². The SMILES string of the molecule is Cc1cc(Nc2ccc(F)c(Cl)c2)ccc1C(=O)c1cc(-n2cc(CCO)nn2)ccc1C. The molecule has 1 heterocycles. The highest BCUT2D eigenvalue weighted by Gasteiger charge is 2.16. The molecule has 3 aromatic carbocycles. The van der Waals surface area contributed by atoms with E-state index in [2.05, 4.69) is 15.6 Å². The van der Waals surface area contributed by atoms with Crippen LogP contribution in [0.3, 0.4) is 0 Å². The molecule has 33 heavy (non-hydrogen) atoms. The average molecular weight is 465 g/mol. The Morgan fingerprint density at radius 3 is 2.52 bits per heavy atom. The van der Waals surface area contributed by atoms with E-state index in [-0.39, 0.29) is 17.4 Å². The summed E-state index contributed by atoms with van der Waals surface area (Å²) in [5.41, 5.74) is 5.60. The highest BCUT2D eigenvalue weighted by atomic mass is 35.5. The number of aliphatic hydroxyl groups is 1. The molecular weight excluding hydrogens is 443 g/mol. The Kier molecular flexibility index (Phi) is 6.53. The van der Waals surface area contributed by atoms with E-state index in [0.717, 1.165) is 16.8 Å². The van der Waals surface area contributed by atoms with Gasteiger partial charge < -0.3 is 10.4 Å². The molecule has 0 fully saturated rings. The molecule has 0 bridgehead atoms. The van der Waals surface area contributed by atoms with Crippen LogP contribution in [0.15, 0.2) is 60.8 Å². The Labute approximate surface area is 195 Å². The number of hydrogen-bond acceptors (Lipinski definition) is 5. The van der Waals surface area contributed by atoms with Gasteiger partial charge in [0.25, 0.3) is 0 Å². The number of nitrogens with zero attached hydrogens (tertiary/aromatic N) is 3. The molecule has 1 aromatic heterocycles. The average Bonchev–Trinajstić information content (AvgIpc) is 3.25. The zero-order valence-electron chi connectivity index (χ0n) is 18.1. The fraction of sp³-hybridized carbons (Fsp3) is 0.160. The minimum Gasteiger partial charge on any atom is -0.396 e. The Balaban J connectivity index is 1.60. The zero-order chi connectivity index (χ0) is 23.5. The van der Waals surface area contributed by atoms with Crippen molar-refractivity contribution in [2.45, 2.75) is 20.3 Å². The quantitative estimate of drug-likeness (QED) is 0.368. The van der Waals surface area contributed by atoms with Gasteiger partial charge in [-0.15, -0.1) is 5.10 Å². The number of benzene rings is 3. The number of carbonyl (C=O) groups excluding carboxylic acids is 1. The number of anilines is 2. The van der Waals surface area contributed by atoms with Crippen LogP contribution in [0.5, 0.6) is 0 Å². The van der Waals surface area contributed by atoms with Gasteiger partial charge in [0.05, 0.1) is 22.6 Å². The van der Waals surface area contributed by atoms with E-state index in [9.17, 15) is 9.18 Å². The van der Waals surface area contributed by atoms with Crippen molar-refractivity contribution in [3.63, 3.8) is 0 Å². The number of aliphatic hydroxyl groups excluding tert-OH is 1. The van der Waals surface area contributed by atoms with Crippen LogP contribution >= 0.6 is 11.6 Å². The minimum absolute atomic E-state index is 0.00530. The van der Waals surface area contributed by atoms with Crippen molar-refractivity contribution in [3.8, 4) is 5.69 Å². The third kappa shape index (κ3) is 4.94. The lowest BCUT2D eigenvalue weighted by Gasteiger charge is -2.12. The van der Waals surface area contributed by atoms with Gasteiger partial charge in [0.2, 0.25) is 0 Å². The van der Waals surface area contributed by atoms with Crippen molar-refractivity contribution < 1.29 is 14.3 Å². The lowest BCUT2D eigenvalue weighted by Crippen LogP contribution is -2.08. The first kappa shape index (κ1) is 22.6. The fourth-order valence-corrected chi connectivity index (χ4v) is 3.71. The largest absolute Gasteiger partial charge is 0.396 e. The second-order valence-corrected chi connectivity index (χ2v) is 8.15. The number of aryl methyl sites for hydroxylation is 2. The molecule has 0 spiro atoms. The molecule has 0 atom stereocenters. The first-order valence-electron chi connectivity index (χ1n) is 10.4. The smallest absolute Gasteiger partial charge is 0.193 e. The maximum absolute atomic E-state index is 13.4. The number of carbonyl (C=O) groups is 1. The van der Waals surface area contributed by atoms with Gasteiger partial charge in [-0.1, -0.05) is 22.9 Å². The number of aromatic nitrogens is 3. The first-order valence-corrected chi connectivity index (χ1v) is 10.7. The fourth-order valence-electron chi connectivity index (χ4n) is 3.53. The Bertz CT molecular complexity index is 1340. The van der Waals surface area contributed by atoms with Crippen molar-refractivity contribution >= 4 is 28.8 Å².